The summed E-state index contributed by atoms with van der Waals surface area (Å²) in [5.41, 5.74) is 5.27. The lowest BCUT2D eigenvalue weighted by Crippen LogP contribution is -2.36. The molecule has 4 heteroatoms. The third-order valence-electron chi connectivity index (χ3n) is 3.32. The van der Waals surface area contributed by atoms with Crippen LogP contribution in [0.3, 0.4) is 0 Å². The summed E-state index contributed by atoms with van der Waals surface area (Å²) >= 11 is 8.19. The van der Waals surface area contributed by atoms with Crippen molar-refractivity contribution in [1.82, 2.24) is 5.43 Å². The Morgan fingerprint density at radius 3 is 2.88 bits per heavy atom. The number of hydrogen-bond donors (Lipinski definition) is 2. The number of hydrogen-bond acceptors (Lipinski definition) is 3. The molecule has 1 aliphatic rings. The fourth-order valence-corrected chi connectivity index (χ4v) is 3.87. The molecule has 1 heterocycles. The standard InChI is InChI=1S/C13H19ClN2S/c1-9-5-6-10(8-11(9)14)13(16-15)12-4-2-3-7-17-12/h5-6,8,12-13,16H,2-4,7,15H2,1H3. The van der Waals surface area contributed by atoms with Crippen LogP contribution < -0.4 is 11.3 Å². The van der Waals surface area contributed by atoms with Crippen molar-refractivity contribution in [3.63, 3.8) is 0 Å². The van der Waals surface area contributed by atoms with E-state index in [4.69, 9.17) is 17.4 Å². The van der Waals surface area contributed by atoms with Gasteiger partial charge in [0.15, 0.2) is 0 Å². The first kappa shape index (κ1) is 13.2. The summed E-state index contributed by atoms with van der Waals surface area (Å²) in [5, 5.41) is 1.39. The first-order valence-electron chi connectivity index (χ1n) is 6.06. The monoisotopic (exact) mass is 270 g/mol. The van der Waals surface area contributed by atoms with Gasteiger partial charge in [0.05, 0.1) is 6.04 Å². The number of hydrazine groups is 1. The van der Waals surface area contributed by atoms with Crippen molar-refractivity contribution in [2.75, 3.05) is 5.75 Å². The van der Waals surface area contributed by atoms with Crippen molar-refractivity contribution in [3.8, 4) is 0 Å². The Morgan fingerprint density at radius 1 is 1.47 bits per heavy atom. The maximum atomic E-state index is 6.18. The van der Waals surface area contributed by atoms with Gasteiger partial charge in [-0.1, -0.05) is 30.2 Å². The molecule has 2 unspecified atom stereocenters. The zero-order valence-electron chi connectivity index (χ0n) is 10.1. The van der Waals surface area contributed by atoms with E-state index in [2.05, 4.69) is 17.6 Å². The van der Waals surface area contributed by atoms with E-state index in [0.29, 0.717) is 5.25 Å². The second kappa shape index (κ2) is 6.10. The van der Waals surface area contributed by atoms with Gasteiger partial charge in [-0.25, -0.2) is 0 Å². The molecular formula is C13H19ClN2S. The lowest BCUT2D eigenvalue weighted by molar-refractivity contribution is 0.492. The first-order valence-corrected chi connectivity index (χ1v) is 7.49. The Balaban J connectivity index is 2.18. The van der Waals surface area contributed by atoms with Crippen LogP contribution in [0.25, 0.3) is 0 Å². The van der Waals surface area contributed by atoms with Gasteiger partial charge in [-0.3, -0.25) is 11.3 Å². The molecule has 0 radical (unpaired) electrons. The predicted molar refractivity (Wildman–Crippen MR) is 76.4 cm³/mol. The molecule has 1 saturated heterocycles. The average Bonchev–Trinajstić information content (AvgIpc) is 2.36. The van der Waals surface area contributed by atoms with E-state index in [1.54, 1.807) is 0 Å². The maximum Gasteiger partial charge on any atom is 0.0579 e. The van der Waals surface area contributed by atoms with Crippen LogP contribution in [0.4, 0.5) is 0 Å². The zero-order chi connectivity index (χ0) is 12.3. The van der Waals surface area contributed by atoms with Crippen LogP contribution in [0.2, 0.25) is 5.02 Å². The van der Waals surface area contributed by atoms with Gasteiger partial charge in [0.25, 0.3) is 0 Å². The third-order valence-corrected chi connectivity index (χ3v) is 5.19. The lowest BCUT2D eigenvalue weighted by atomic mass is 9.99. The van der Waals surface area contributed by atoms with Crippen molar-refractivity contribution < 1.29 is 0 Å². The molecule has 1 fully saturated rings. The number of rotatable bonds is 3. The molecule has 0 amide bonds. The minimum Gasteiger partial charge on any atom is -0.271 e. The molecule has 0 aromatic heterocycles. The van der Waals surface area contributed by atoms with Crippen molar-refractivity contribution >= 4 is 23.4 Å². The van der Waals surface area contributed by atoms with Crippen LogP contribution >= 0.6 is 23.4 Å². The second-order valence-electron chi connectivity index (χ2n) is 4.56. The van der Waals surface area contributed by atoms with E-state index in [1.165, 1.54) is 30.6 Å². The lowest BCUT2D eigenvalue weighted by Gasteiger charge is -2.29. The predicted octanol–water partition coefficient (Wildman–Crippen LogP) is 3.44. The Kier molecular flexibility index (Phi) is 4.74. The topological polar surface area (TPSA) is 38.0 Å². The maximum absolute atomic E-state index is 6.18. The van der Waals surface area contributed by atoms with E-state index in [1.807, 2.05) is 24.8 Å². The molecule has 0 aliphatic carbocycles. The smallest absolute Gasteiger partial charge is 0.0579 e. The van der Waals surface area contributed by atoms with E-state index in [-0.39, 0.29) is 6.04 Å². The summed E-state index contributed by atoms with van der Waals surface area (Å²) in [6, 6.07) is 6.44. The number of benzene rings is 1. The number of halogens is 1. The van der Waals surface area contributed by atoms with Crippen LogP contribution in [0, 0.1) is 6.92 Å². The number of nitrogens with two attached hydrogens (primary N) is 1. The third kappa shape index (κ3) is 3.16. The molecule has 94 valence electrons. The van der Waals surface area contributed by atoms with Crippen molar-refractivity contribution in [2.45, 2.75) is 37.5 Å². The normalized spacial score (nSPS) is 22.4. The molecule has 17 heavy (non-hydrogen) atoms. The molecular weight excluding hydrogens is 252 g/mol. The van der Waals surface area contributed by atoms with E-state index < -0.39 is 0 Å². The fraction of sp³-hybridized carbons (Fsp3) is 0.538. The highest BCUT2D eigenvalue weighted by atomic mass is 35.5. The largest absolute Gasteiger partial charge is 0.271 e. The molecule has 2 nitrogen and oxygen atoms in total. The first-order chi connectivity index (χ1) is 8.22. The molecule has 2 rings (SSSR count). The molecule has 0 saturated carbocycles. The minimum absolute atomic E-state index is 0.207. The quantitative estimate of drug-likeness (QED) is 0.653. The van der Waals surface area contributed by atoms with Gasteiger partial charge in [-0.2, -0.15) is 11.8 Å². The molecule has 1 aromatic rings. The van der Waals surface area contributed by atoms with Crippen molar-refractivity contribution in [2.24, 2.45) is 5.84 Å². The van der Waals surface area contributed by atoms with Crippen LogP contribution in [-0.4, -0.2) is 11.0 Å². The number of aryl methyl sites for hydroxylation is 1. The highest BCUT2D eigenvalue weighted by molar-refractivity contribution is 8.00. The average molecular weight is 271 g/mol. The molecule has 1 aromatic carbocycles. The zero-order valence-corrected chi connectivity index (χ0v) is 11.7. The van der Waals surface area contributed by atoms with Gasteiger partial charge in [0.1, 0.15) is 0 Å². The summed E-state index contributed by atoms with van der Waals surface area (Å²) in [7, 11) is 0. The highest BCUT2D eigenvalue weighted by Gasteiger charge is 2.24. The van der Waals surface area contributed by atoms with Crippen LogP contribution in [-0.2, 0) is 0 Å². The van der Waals surface area contributed by atoms with Gasteiger partial charge in [0.2, 0.25) is 0 Å². The van der Waals surface area contributed by atoms with Gasteiger partial charge in [-0.05, 0) is 42.7 Å². The second-order valence-corrected chi connectivity index (χ2v) is 6.31. The molecule has 1 aliphatic heterocycles. The Hall–Kier alpha value is -0.220. The summed E-state index contributed by atoms with van der Waals surface area (Å²) < 4.78 is 0. The summed E-state index contributed by atoms with van der Waals surface area (Å²) in [6.07, 6.45) is 3.85. The summed E-state index contributed by atoms with van der Waals surface area (Å²) in [6.45, 7) is 2.02. The molecule has 2 atom stereocenters. The molecule has 0 spiro atoms. The van der Waals surface area contributed by atoms with E-state index >= 15 is 0 Å². The molecule has 0 bridgehead atoms. The number of thioether (sulfide) groups is 1. The Labute approximate surface area is 112 Å². The summed E-state index contributed by atoms with van der Waals surface area (Å²) in [5.74, 6) is 6.96. The molecule has 3 N–H and O–H groups in total. The van der Waals surface area contributed by atoms with Crippen LogP contribution in [0.1, 0.15) is 36.4 Å². The Morgan fingerprint density at radius 2 is 2.29 bits per heavy atom. The highest BCUT2D eigenvalue weighted by Crippen LogP contribution is 2.35. The van der Waals surface area contributed by atoms with E-state index in [0.717, 1.165) is 10.6 Å². The minimum atomic E-state index is 0.207. The van der Waals surface area contributed by atoms with Crippen LogP contribution in [0.15, 0.2) is 18.2 Å². The van der Waals surface area contributed by atoms with Gasteiger partial charge in [0, 0.05) is 10.3 Å². The fourth-order valence-electron chi connectivity index (χ4n) is 2.25. The number of nitrogens with one attached hydrogen (secondary N) is 1. The SMILES string of the molecule is Cc1ccc(C(NN)C2CCCCS2)cc1Cl. The van der Waals surface area contributed by atoms with Crippen molar-refractivity contribution in [3.05, 3.63) is 34.3 Å². The summed E-state index contributed by atoms with van der Waals surface area (Å²) in [4.78, 5) is 0. The van der Waals surface area contributed by atoms with Gasteiger partial charge in [-0.15, -0.1) is 0 Å². The van der Waals surface area contributed by atoms with Crippen molar-refractivity contribution in [1.29, 1.82) is 0 Å². The van der Waals surface area contributed by atoms with Gasteiger partial charge >= 0.3 is 0 Å². The van der Waals surface area contributed by atoms with Crippen LogP contribution in [0.5, 0.6) is 0 Å². The van der Waals surface area contributed by atoms with E-state index in [9.17, 15) is 0 Å². The van der Waals surface area contributed by atoms with Gasteiger partial charge < -0.3 is 0 Å². The Bertz CT molecular complexity index is 378.